The van der Waals surface area contributed by atoms with Crippen molar-refractivity contribution in [1.29, 1.82) is 0 Å². The van der Waals surface area contributed by atoms with E-state index in [-0.39, 0.29) is 18.1 Å². The minimum absolute atomic E-state index is 0.0729. The number of sulfone groups is 1. The van der Waals surface area contributed by atoms with E-state index in [1.54, 1.807) is 6.07 Å². The van der Waals surface area contributed by atoms with Gasteiger partial charge in [0.15, 0.2) is 9.84 Å². The summed E-state index contributed by atoms with van der Waals surface area (Å²) in [6.07, 6.45) is 1.28. The minimum atomic E-state index is -3.76. The normalized spacial score (nSPS) is 12.8. The Morgan fingerprint density at radius 2 is 2.08 bits per heavy atom. The van der Waals surface area contributed by atoms with E-state index in [1.165, 1.54) is 36.1 Å². The Morgan fingerprint density at radius 1 is 1.38 bits per heavy atom. The van der Waals surface area contributed by atoms with Crippen molar-refractivity contribution in [2.75, 3.05) is 0 Å². The first-order valence-corrected chi connectivity index (χ1v) is 9.16. The number of nitrogens with zero attached hydrogens (tertiary/aromatic N) is 3. The van der Waals surface area contributed by atoms with Crippen LogP contribution < -0.4 is 5.32 Å². The highest BCUT2D eigenvalue weighted by molar-refractivity contribution is 7.92. The third kappa shape index (κ3) is 4.16. The molecule has 2 rings (SSSR count). The van der Waals surface area contributed by atoms with Gasteiger partial charge in [-0.25, -0.2) is 22.5 Å². The second-order valence-corrected chi connectivity index (χ2v) is 7.57. The average Bonchev–Trinajstić information content (AvgIpc) is 2.99. The zero-order valence-corrected chi connectivity index (χ0v) is 14.3. The molecule has 1 aromatic heterocycles. The molecule has 0 spiro atoms. The monoisotopic (exact) mass is 354 g/mol. The number of aromatic nitrogens is 3. The molecular weight excluding hydrogens is 335 g/mol. The van der Waals surface area contributed by atoms with Crippen LogP contribution in [0.3, 0.4) is 0 Å². The predicted molar refractivity (Wildman–Crippen MR) is 86.0 cm³/mol. The van der Waals surface area contributed by atoms with Gasteiger partial charge >= 0.3 is 0 Å². The molecule has 24 heavy (non-hydrogen) atoms. The quantitative estimate of drug-likeness (QED) is 0.802. The van der Waals surface area contributed by atoms with E-state index in [0.717, 1.165) is 0 Å². The molecule has 1 atom stereocenters. The van der Waals surface area contributed by atoms with E-state index in [0.29, 0.717) is 12.1 Å². The molecule has 130 valence electrons. The van der Waals surface area contributed by atoms with Crippen LogP contribution in [-0.2, 0) is 33.5 Å². The number of halogens is 1. The summed E-state index contributed by atoms with van der Waals surface area (Å²) >= 11 is 0. The van der Waals surface area contributed by atoms with Gasteiger partial charge in [-0.15, -0.1) is 0 Å². The van der Waals surface area contributed by atoms with Crippen LogP contribution in [0.4, 0.5) is 4.39 Å². The third-order valence-electron chi connectivity index (χ3n) is 3.64. The number of nitrogens with one attached hydrogen (secondary N) is 1. The second-order valence-electron chi connectivity index (χ2n) is 5.25. The molecule has 2 aromatic rings. The summed E-state index contributed by atoms with van der Waals surface area (Å²) < 4.78 is 39.7. The van der Waals surface area contributed by atoms with Gasteiger partial charge in [0.25, 0.3) is 0 Å². The van der Waals surface area contributed by atoms with E-state index in [1.807, 2.05) is 6.92 Å². The highest BCUT2D eigenvalue weighted by atomic mass is 32.2. The predicted octanol–water partition coefficient (Wildman–Crippen LogP) is 1.06. The van der Waals surface area contributed by atoms with E-state index >= 15 is 0 Å². The van der Waals surface area contributed by atoms with Crippen molar-refractivity contribution in [1.82, 2.24) is 20.1 Å². The van der Waals surface area contributed by atoms with Gasteiger partial charge in [-0.1, -0.05) is 18.2 Å². The molecule has 1 amide bonds. The molecule has 0 saturated heterocycles. The fraction of sp³-hybridized carbons (Fsp3) is 0.400. The molecule has 0 radical (unpaired) electrons. The van der Waals surface area contributed by atoms with Crippen LogP contribution in [0.25, 0.3) is 0 Å². The molecule has 9 heteroatoms. The zero-order chi connectivity index (χ0) is 17.7. The van der Waals surface area contributed by atoms with Crippen molar-refractivity contribution >= 4 is 15.7 Å². The lowest BCUT2D eigenvalue weighted by Gasteiger charge is -2.13. The minimum Gasteiger partial charge on any atom is -0.351 e. The molecule has 1 aromatic carbocycles. The average molecular weight is 354 g/mol. The maximum Gasteiger partial charge on any atom is 0.238 e. The van der Waals surface area contributed by atoms with Gasteiger partial charge < -0.3 is 5.32 Å². The van der Waals surface area contributed by atoms with Crippen molar-refractivity contribution in [2.24, 2.45) is 0 Å². The van der Waals surface area contributed by atoms with Crippen LogP contribution in [0.5, 0.6) is 0 Å². The Morgan fingerprint density at radius 3 is 2.75 bits per heavy atom. The van der Waals surface area contributed by atoms with E-state index in [9.17, 15) is 17.6 Å². The third-order valence-corrected chi connectivity index (χ3v) is 5.60. The van der Waals surface area contributed by atoms with Gasteiger partial charge in [-0.3, -0.25) is 4.79 Å². The van der Waals surface area contributed by atoms with Crippen molar-refractivity contribution in [3.8, 4) is 0 Å². The van der Waals surface area contributed by atoms with Crippen LogP contribution in [0, 0.1) is 5.82 Å². The van der Waals surface area contributed by atoms with E-state index < -0.39 is 26.8 Å². The van der Waals surface area contributed by atoms with Crippen LogP contribution in [0.1, 0.15) is 25.2 Å². The first-order chi connectivity index (χ1) is 11.3. The summed E-state index contributed by atoms with van der Waals surface area (Å²) in [6, 6.07) is 5.98. The lowest BCUT2D eigenvalue weighted by atomic mass is 10.2. The van der Waals surface area contributed by atoms with Gasteiger partial charge in [-0.2, -0.15) is 5.10 Å². The Labute approximate surface area is 139 Å². The van der Waals surface area contributed by atoms with Gasteiger partial charge in [0.2, 0.25) is 5.91 Å². The lowest BCUT2D eigenvalue weighted by Crippen LogP contribution is -2.38. The summed E-state index contributed by atoms with van der Waals surface area (Å²) in [6.45, 7) is 3.53. The van der Waals surface area contributed by atoms with Crippen molar-refractivity contribution in [2.45, 2.75) is 37.9 Å². The number of carbonyl (C=O) groups excluding carboxylic acids is 1. The molecule has 0 bridgehead atoms. The Balaban J connectivity index is 2.02. The number of hydrogen-bond donors (Lipinski definition) is 1. The fourth-order valence-electron chi connectivity index (χ4n) is 2.10. The molecule has 0 aliphatic carbocycles. The van der Waals surface area contributed by atoms with Gasteiger partial charge in [-0.05, 0) is 19.9 Å². The SMILES string of the molecule is CCn1ncnc1CS(=O)(=O)C(C)C(=O)NCc1ccccc1F. The summed E-state index contributed by atoms with van der Waals surface area (Å²) in [7, 11) is -3.76. The number of benzene rings is 1. The standard InChI is InChI=1S/C15H19FN4O3S/c1-3-20-14(18-10-19-20)9-24(22,23)11(2)15(21)17-8-12-6-4-5-7-13(12)16/h4-7,10-11H,3,8-9H2,1-2H3,(H,17,21). The lowest BCUT2D eigenvalue weighted by molar-refractivity contribution is -0.120. The summed E-state index contributed by atoms with van der Waals surface area (Å²) in [5.74, 6) is -1.23. The Bertz CT molecular complexity index is 820. The summed E-state index contributed by atoms with van der Waals surface area (Å²) in [5, 5.41) is 5.09. The smallest absolute Gasteiger partial charge is 0.238 e. The number of amides is 1. The first kappa shape index (κ1) is 18.1. The molecule has 0 aliphatic rings. The van der Waals surface area contributed by atoms with Crippen LogP contribution in [0.15, 0.2) is 30.6 Å². The van der Waals surface area contributed by atoms with Gasteiger partial charge in [0, 0.05) is 18.7 Å². The highest BCUT2D eigenvalue weighted by Gasteiger charge is 2.29. The number of hydrogen-bond acceptors (Lipinski definition) is 5. The molecule has 0 saturated carbocycles. The Hall–Kier alpha value is -2.29. The molecule has 0 fully saturated rings. The number of aryl methyl sites for hydroxylation is 1. The van der Waals surface area contributed by atoms with Crippen LogP contribution in [0.2, 0.25) is 0 Å². The number of carbonyl (C=O) groups is 1. The van der Waals surface area contributed by atoms with E-state index in [2.05, 4.69) is 15.4 Å². The van der Waals surface area contributed by atoms with Crippen molar-refractivity contribution in [3.63, 3.8) is 0 Å². The van der Waals surface area contributed by atoms with Gasteiger partial charge in [0.05, 0.1) is 0 Å². The molecule has 1 N–H and O–H groups in total. The van der Waals surface area contributed by atoms with Crippen molar-refractivity contribution in [3.05, 3.63) is 47.8 Å². The second kappa shape index (κ2) is 7.52. The largest absolute Gasteiger partial charge is 0.351 e. The Kier molecular flexibility index (Phi) is 5.66. The van der Waals surface area contributed by atoms with Crippen molar-refractivity contribution < 1.29 is 17.6 Å². The maximum atomic E-state index is 13.5. The zero-order valence-electron chi connectivity index (χ0n) is 13.4. The number of rotatable bonds is 7. The summed E-state index contributed by atoms with van der Waals surface area (Å²) in [5.41, 5.74) is 0.293. The fourth-order valence-corrected chi connectivity index (χ4v) is 3.34. The molecule has 1 unspecified atom stereocenters. The highest BCUT2D eigenvalue weighted by Crippen LogP contribution is 2.11. The maximum absolute atomic E-state index is 13.5. The van der Waals surface area contributed by atoms with Crippen LogP contribution >= 0.6 is 0 Å². The molecule has 0 aliphatic heterocycles. The summed E-state index contributed by atoms with van der Waals surface area (Å²) in [4.78, 5) is 16.0. The van der Waals surface area contributed by atoms with E-state index in [4.69, 9.17) is 0 Å². The van der Waals surface area contributed by atoms with Crippen LogP contribution in [-0.4, -0.2) is 34.3 Å². The molecule has 7 nitrogen and oxygen atoms in total. The first-order valence-electron chi connectivity index (χ1n) is 7.44. The topological polar surface area (TPSA) is 93.9 Å². The van der Waals surface area contributed by atoms with Gasteiger partial charge in [0.1, 0.15) is 29.0 Å². The molecule has 1 heterocycles. The molecular formula is C15H19FN4O3S.